The van der Waals surface area contributed by atoms with E-state index >= 15 is 0 Å². The number of carbonyl (C=O) groups is 1. The van der Waals surface area contributed by atoms with Gasteiger partial charge >= 0.3 is 0 Å². The Hall–Kier alpha value is -2.44. The number of ether oxygens (including phenoxy) is 1. The highest BCUT2D eigenvalue weighted by Gasteiger charge is 2.10. The van der Waals surface area contributed by atoms with Crippen LogP contribution in [0.4, 0.5) is 5.95 Å². The first-order chi connectivity index (χ1) is 9.20. The Kier molecular flexibility index (Phi) is 4.07. The lowest BCUT2D eigenvalue weighted by Crippen LogP contribution is -2.15. The van der Waals surface area contributed by atoms with Gasteiger partial charge in [0.25, 0.3) is 5.91 Å². The quantitative estimate of drug-likeness (QED) is 0.876. The Bertz CT molecular complexity index is 567. The van der Waals surface area contributed by atoms with Crippen molar-refractivity contribution in [2.75, 3.05) is 11.9 Å². The van der Waals surface area contributed by atoms with E-state index in [0.29, 0.717) is 23.9 Å². The number of aryl methyl sites for hydroxylation is 1. The third-order valence-electron chi connectivity index (χ3n) is 2.41. The number of aromatic nitrogens is 4. The average Bonchev–Trinajstić information content (AvgIpc) is 2.82. The van der Waals surface area contributed by atoms with Gasteiger partial charge < -0.3 is 4.74 Å². The summed E-state index contributed by atoms with van der Waals surface area (Å²) in [6.07, 6.45) is 0.918. The number of hydrogen-bond acceptors (Lipinski definition) is 5. The van der Waals surface area contributed by atoms with Gasteiger partial charge in [0.05, 0.1) is 6.61 Å². The number of benzene rings is 1. The second kappa shape index (κ2) is 5.94. The van der Waals surface area contributed by atoms with Gasteiger partial charge in [0.15, 0.2) is 0 Å². The van der Waals surface area contributed by atoms with Crippen LogP contribution in [-0.2, 0) is 7.05 Å². The molecule has 100 valence electrons. The van der Waals surface area contributed by atoms with Crippen molar-refractivity contribution in [2.24, 2.45) is 7.05 Å². The number of nitrogens with zero attached hydrogens (tertiary/aromatic N) is 4. The number of anilines is 1. The first-order valence-corrected chi connectivity index (χ1v) is 5.97. The van der Waals surface area contributed by atoms with E-state index in [1.165, 1.54) is 4.68 Å². The lowest BCUT2D eigenvalue weighted by Gasteiger charge is -2.07. The van der Waals surface area contributed by atoms with E-state index < -0.39 is 0 Å². The van der Waals surface area contributed by atoms with Crippen molar-refractivity contribution < 1.29 is 9.53 Å². The minimum Gasteiger partial charge on any atom is -0.494 e. The minimum atomic E-state index is -0.278. The minimum absolute atomic E-state index is 0.278. The van der Waals surface area contributed by atoms with Gasteiger partial charge in [-0.25, -0.2) is 4.68 Å². The molecule has 1 amide bonds. The van der Waals surface area contributed by atoms with Crippen LogP contribution in [0.2, 0.25) is 0 Å². The van der Waals surface area contributed by atoms with E-state index in [1.807, 2.05) is 13.0 Å². The Morgan fingerprint density at radius 3 is 3.00 bits per heavy atom. The van der Waals surface area contributed by atoms with Crippen LogP contribution in [0, 0.1) is 0 Å². The Labute approximate surface area is 110 Å². The predicted molar refractivity (Wildman–Crippen MR) is 69.0 cm³/mol. The molecule has 0 saturated carbocycles. The fraction of sp³-hybridized carbons (Fsp3) is 0.333. The van der Waals surface area contributed by atoms with Crippen molar-refractivity contribution in [1.82, 2.24) is 20.2 Å². The molecular formula is C12H15N5O2. The summed E-state index contributed by atoms with van der Waals surface area (Å²) in [5.41, 5.74) is 0.497. The average molecular weight is 261 g/mol. The normalized spacial score (nSPS) is 10.2. The molecule has 0 radical (unpaired) electrons. The molecule has 7 nitrogen and oxygen atoms in total. The molecule has 1 N–H and O–H groups in total. The molecule has 0 bridgehead atoms. The zero-order chi connectivity index (χ0) is 13.7. The SMILES string of the molecule is CCCOc1cccc(C(=O)Nc2nnnn2C)c1. The molecule has 1 aromatic carbocycles. The molecule has 0 unspecified atom stereocenters. The van der Waals surface area contributed by atoms with E-state index in [-0.39, 0.29) is 5.91 Å². The maximum absolute atomic E-state index is 12.0. The Balaban J connectivity index is 2.08. The largest absolute Gasteiger partial charge is 0.494 e. The van der Waals surface area contributed by atoms with Crippen molar-refractivity contribution in [1.29, 1.82) is 0 Å². The first kappa shape index (κ1) is 13.0. The van der Waals surface area contributed by atoms with Crippen molar-refractivity contribution in [3.63, 3.8) is 0 Å². The van der Waals surface area contributed by atoms with Crippen LogP contribution in [0.5, 0.6) is 5.75 Å². The summed E-state index contributed by atoms with van der Waals surface area (Å²) >= 11 is 0. The number of nitrogens with one attached hydrogen (secondary N) is 1. The van der Waals surface area contributed by atoms with Crippen LogP contribution in [0.25, 0.3) is 0 Å². The van der Waals surface area contributed by atoms with E-state index in [9.17, 15) is 4.79 Å². The van der Waals surface area contributed by atoms with Crippen LogP contribution in [0.15, 0.2) is 24.3 Å². The highest BCUT2D eigenvalue weighted by Crippen LogP contribution is 2.14. The third kappa shape index (κ3) is 3.27. The predicted octanol–water partition coefficient (Wildman–Crippen LogP) is 1.25. The molecule has 1 heterocycles. The summed E-state index contributed by atoms with van der Waals surface area (Å²) in [6, 6.07) is 6.98. The van der Waals surface area contributed by atoms with Crippen molar-refractivity contribution >= 4 is 11.9 Å². The monoisotopic (exact) mass is 261 g/mol. The summed E-state index contributed by atoms with van der Waals surface area (Å²) in [4.78, 5) is 12.0. The lowest BCUT2D eigenvalue weighted by molar-refractivity contribution is 0.102. The molecule has 0 aliphatic heterocycles. The standard InChI is InChI=1S/C12H15N5O2/c1-3-7-19-10-6-4-5-9(8-10)11(18)13-12-14-15-16-17(12)2/h4-6,8H,3,7H2,1-2H3,(H,13,14,16,18). The molecular weight excluding hydrogens is 246 g/mol. The Morgan fingerprint density at radius 1 is 1.47 bits per heavy atom. The van der Waals surface area contributed by atoms with Gasteiger partial charge in [-0.1, -0.05) is 18.1 Å². The summed E-state index contributed by atoms with van der Waals surface area (Å²) in [5.74, 6) is 0.690. The summed E-state index contributed by atoms with van der Waals surface area (Å²) in [5, 5.41) is 13.4. The van der Waals surface area contributed by atoms with E-state index in [0.717, 1.165) is 6.42 Å². The van der Waals surface area contributed by atoms with Crippen LogP contribution in [0.1, 0.15) is 23.7 Å². The molecule has 0 fully saturated rings. The maximum atomic E-state index is 12.0. The zero-order valence-corrected chi connectivity index (χ0v) is 10.8. The smallest absolute Gasteiger partial charge is 0.258 e. The number of tetrazole rings is 1. The number of carbonyl (C=O) groups excluding carboxylic acids is 1. The van der Waals surface area contributed by atoms with Gasteiger partial charge in [-0.2, -0.15) is 0 Å². The van der Waals surface area contributed by atoms with Gasteiger partial charge in [0.1, 0.15) is 5.75 Å². The van der Waals surface area contributed by atoms with Crippen molar-refractivity contribution in [3.8, 4) is 5.75 Å². The maximum Gasteiger partial charge on any atom is 0.258 e. The first-order valence-electron chi connectivity index (χ1n) is 5.97. The van der Waals surface area contributed by atoms with E-state index in [4.69, 9.17) is 4.74 Å². The summed E-state index contributed by atoms with van der Waals surface area (Å²) < 4.78 is 6.86. The second-order valence-electron chi connectivity index (χ2n) is 3.96. The highest BCUT2D eigenvalue weighted by molar-refractivity contribution is 6.03. The van der Waals surface area contributed by atoms with Gasteiger partial charge in [-0.05, 0) is 35.0 Å². The molecule has 0 saturated heterocycles. The zero-order valence-electron chi connectivity index (χ0n) is 10.8. The summed E-state index contributed by atoms with van der Waals surface area (Å²) in [7, 11) is 1.65. The number of amides is 1. The van der Waals surface area contributed by atoms with Crippen molar-refractivity contribution in [2.45, 2.75) is 13.3 Å². The highest BCUT2D eigenvalue weighted by atomic mass is 16.5. The Morgan fingerprint density at radius 2 is 2.32 bits per heavy atom. The molecule has 0 atom stereocenters. The molecule has 19 heavy (non-hydrogen) atoms. The van der Waals surface area contributed by atoms with Crippen LogP contribution >= 0.6 is 0 Å². The topological polar surface area (TPSA) is 81.9 Å². The second-order valence-corrected chi connectivity index (χ2v) is 3.96. The van der Waals surface area contributed by atoms with Gasteiger partial charge in [0, 0.05) is 12.6 Å². The van der Waals surface area contributed by atoms with Crippen molar-refractivity contribution in [3.05, 3.63) is 29.8 Å². The van der Waals surface area contributed by atoms with Gasteiger partial charge in [-0.15, -0.1) is 0 Å². The molecule has 7 heteroatoms. The lowest BCUT2D eigenvalue weighted by atomic mass is 10.2. The molecule has 1 aromatic heterocycles. The van der Waals surface area contributed by atoms with Crippen LogP contribution < -0.4 is 10.1 Å². The van der Waals surface area contributed by atoms with Gasteiger partial charge in [-0.3, -0.25) is 10.1 Å². The molecule has 0 aliphatic carbocycles. The van der Waals surface area contributed by atoms with Gasteiger partial charge in [0.2, 0.25) is 5.95 Å². The van der Waals surface area contributed by atoms with Crippen LogP contribution in [-0.4, -0.2) is 32.7 Å². The molecule has 0 aliphatic rings. The molecule has 2 rings (SSSR count). The fourth-order valence-corrected chi connectivity index (χ4v) is 1.46. The summed E-state index contributed by atoms with van der Waals surface area (Å²) in [6.45, 7) is 2.65. The van der Waals surface area contributed by atoms with Crippen LogP contribution in [0.3, 0.4) is 0 Å². The number of hydrogen-bond donors (Lipinski definition) is 1. The van der Waals surface area contributed by atoms with E-state index in [1.54, 1.807) is 25.2 Å². The molecule has 0 spiro atoms. The fourth-order valence-electron chi connectivity index (χ4n) is 1.46. The number of rotatable bonds is 5. The third-order valence-corrected chi connectivity index (χ3v) is 2.41. The molecule has 2 aromatic rings. The van der Waals surface area contributed by atoms with E-state index in [2.05, 4.69) is 20.8 Å².